The lowest BCUT2D eigenvalue weighted by molar-refractivity contribution is 0.251. The van der Waals surface area contributed by atoms with Crippen molar-refractivity contribution in [2.24, 2.45) is 7.05 Å². The molecule has 174 valence electrons. The monoisotopic (exact) mass is 462 g/mol. The number of hydrogen-bond acceptors (Lipinski definition) is 3. The van der Waals surface area contributed by atoms with Crippen molar-refractivity contribution in [3.63, 3.8) is 0 Å². The van der Waals surface area contributed by atoms with Crippen molar-refractivity contribution >= 4 is 22.9 Å². The Balaban J connectivity index is 1.78. The van der Waals surface area contributed by atoms with Crippen LogP contribution >= 0.6 is 11.6 Å². The van der Waals surface area contributed by atoms with Crippen LogP contribution in [0.2, 0.25) is 0 Å². The molecule has 3 rings (SSSR count). The third-order valence-electron chi connectivity index (χ3n) is 5.91. The molecule has 1 N–H and O–H groups in total. The molecule has 2 aromatic rings. The van der Waals surface area contributed by atoms with E-state index in [4.69, 9.17) is 11.6 Å². The average molecular weight is 463 g/mol. The summed E-state index contributed by atoms with van der Waals surface area (Å²) in [7, 11) is 1.99. The molecular formula is C28H35ClN4. The number of rotatable bonds is 10. The van der Waals surface area contributed by atoms with Gasteiger partial charge in [-0.25, -0.2) is 4.98 Å². The number of nitrogens with one attached hydrogen (secondary N) is 1. The third-order valence-corrected chi connectivity index (χ3v) is 6.10. The summed E-state index contributed by atoms with van der Waals surface area (Å²) < 4.78 is 2.00. The Labute approximate surface area is 203 Å². The van der Waals surface area contributed by atoms with Gasteiger partial charge in [0.2, 0.25) is 0 Å². The fourth-order valence-electron chi connectivity index (χ4n) is 3.99. The zero-order valence-corrected chi connectivity index (χ0v) is 20.9. The molecule has 1 aromatic carbocycles. The molecule has 0 amide bonds. The topological polar surface area (TPSA) is 33.1 Å². The molecular weight excluding hydrogens is 428 g/mol. The third kappa shape index (κ3) is 6.83. The smallest absolute Gasteiger partial charge is 0.156 e. The summed E-state index contributed by atoms with van der Waals surface area (Å²) in [5.74, 6) is 1.46. The second-order valence-electron chi connectivity index (χ2n) is 8.55. The number of nitrogens with zero attached hydrogens (tertiary/aromatic N) is 3. The van der Waals surface area contributed by atoms with Crippen LogP contribution in [0.1, 0.15) is 37.7 Å². The summed E-state index contributed by atoms with van der Waals surface area (Å²) in [4.78, 5) is 7.00. The van der Waals surface area contributed by atoms with Crippen molar-refractivity contribution < 1.29 is 0 Å². The number of imidazole rings is 1. The predicted octanol–water partition coefficient (Wildman–Crippen LogP) is 5.95. The fourth-order valence-corrected chi connectivity index (χ4v) is 4.21. The highest BCUT2D eigenvalue weighted by Crippen LogP contribution is 2.21. The molecule has 0 spiro atoms. The van der Waals surface area contributed by atoms with Gasteiger partial charge in [-0.05, 0) is 56.0 Å². The lowest BCUT2D eigenvalue weighted by Crippen LogP contribution is -2.34. The minimum atomic E-state index is 0.378. The first-order valence-corrected chi connectivity index (χ1v) is 12.0. The second kappa shape index (κ2) is 11.9. The first-order valence-electron chi connectivity index (χ1n) is 11.5. The van der Waals surface area contributed by atoms with Gasteiger partial charge in [0.15, 0.2) is 5.82 Å². The van der Waals surface area contributed by atoms with Gasteiger partial charge in [0.25, 0.3) is 0 Å². The Hall–Kier alpha value is -2.82. The van der Waals surface area contributed by atoms with Crippen molar-refractivity contribution in [1.82, 2.24) is 19.8 Å². The van der Waals surface area contributed by atoms with Crippen LogP contribution in [0, 0.1) is 0 Å². The first kappa shape index (κ1) is 24.8. The summed E-state index contributed by atoms with van der Waals surface area (Å²) in [5.41, 5.74) is 5.15. The molecule has 0 radical (unpaired) electrons. The Kier molecular flexibility index (Phi) is 8.93. The van der Waals surface area contributed by atoms with Gasteiger partial charge in [-0.3, -0.25) is 4.90 Å². The minimum absolute atomic E-state index is 0.378. The molecule has 1 aliphatic heterocycles. The second-order valence-corrected chi connectivity index (χ2v) is 8.93. The molecule has 1 aromatic heterocycles. The molecule has 0 aliphatic carbocycles. The van der Waals surface area contributed by atoms with Gasteiger partial charge in [-0.15, -0.1) is 11.6 Å². The van der Waals surface area contributed by atoms with Crippen molar-refractivity contribution in [2.75, 3.05) is 12.4 Å². The van der Waals surface area contributed by atoms with Crippen LogP contribution in [-0.2, 0) is 13.5 Å². The Morgan fingerprint density at radius 1 is 1.39 bits per heavy atom. The van der Waals surface area contributed by atoms with E-state index in [2.05, 4.69) is 103 Å². The highest BCUT2D eigenvalue weighted by atomic mass is 35.5. The van der Waals surface area contributed by atoms with Gasteiger partial charge in [-0.1, -0.05) is 55.1 Å². The Morgan fingerprint density at radius 3 is 2.88 bits per heavy atom. The molecule has 0 saturated carbocycles. The normalized spacial score (nSPS) is 18.3. The molecule has 5 heteroatoms. The molecule has 0 bridgehead atoms. The lowest BCUT2D eigenvalue weighted by atomic mass is 10.0. The number of hydrogen-bond donors (Lipinski definition) is 1. The molecule has 2 unspecified atom stereocenters. The van der Waals surface area contributed by atoms with E-state index in [9.17, 15) is 0 Å². The number of halogens is 1. The van der Waals surface area contributed by atoms with E-state index < -0.39 is 0 Å². The van der Waals surface area contributed by atoms with E-state index >= 15 is 0 Å². The highest BCUT2D eigenvalue weighted by molar-refractivity contribution is 6.18. The van der Waals surface area contributed by atoms with Crippen LogP contribution in [0.15, 0.2) is 85.4 Å². The maximum absolute atomic E-state index is 5.93. The molecule has 2 heterocycles. The molecule has 1 aliphatic rings. The van der Waals surface area contributed by atoms with Gasteiger partial charge >= 0.3 is 0 Å². The SMILES string of the molecule is C=C(/C=C(/N/C(C)=C/C=C\C(C)N1CC=CC1C)c1nccn1C)c1cccc(CCCl)c1. The minimum Gasteiger partial charge on any atom is -0.356 e. The van der Waals surface area contributed by atoms with E-state index in [1.54, 1.807) is 6.20 Å². The van der Waals surface area contributed by atoms with Gasteiger partial charge in [-0.2, -0.15) is 0 Å². The summed E-state index contributed by atoms with van der Waals surface area (Å²) in [5, 5.41) is 3.53. The van der Waals surface area contributed by atoms with Gasteiger partial charge in [0.1, 0.15) is 0 Å². The zero-order chi connectivity index (χ0) is 23.8. The van der Waals surface area contributed by atoms with E-state index in [0.29, 0.717) is 18.0 Å². The summed E-state index contributed by atoms with van der Waals surface area (Å²) >= 11 is 5.93. The number of aryl methyl sites for hydroxylation is 2. The van der Waals surface area contributed by atoms with Crippen LogP contribution in [-0.4, -0.2) is 39.0 Å². The first-order chi connectivity index (χ1) is 15.9. The van der Waals surface area contributed by atoms with E-state index in [0.717, 1.165) is 41.3 Å². The predicted molar refractivity (Wildman–Crippen MR) is 142 cm³/mol. The molecule has 33 heavy (non-hydrogen) atoms. The van der Waals surface area contributed by atoms with Crippen molar-refractivity contribution in [1.29, 1.82) is 0 Å². The van der Waals surface area contributed by atoms with E-state index in [1.807, 2.05) is 17.8 Å². The van der Waals surface area contributed by atoms with Crippen molar-refractivity contribution in [3.8, 4) is 0 Å². The quantitative estimate of drug-likeness (QED) is 0.269. The van der Waals surface area contributed by atoms with Gasteiger partial charge in [0, 0.05) is 49.6 Å². The molecule has 0 saturated heterocycles. The maximum Gasteiger partial charge on any atom is 0.156 e. The average Bonchev–Trinajstić information content (AvgIpc) is 3.41. The van der Waals surface area contributed by atoms with Crippen LogP contribution in [0.3, 0.4) is 0 Å². The summed E-state index contributed by atoms with van der Waals surface area (Å²) in [6.45, 7) is 11.9. The Bertz CT molecular complexity index is 1070. The summed E-state index contributed by atoms with van der Waals surface area (Å²) in [6.07, 6.45) is 17.6. The highest BCUT2D eigenvalue weighted by Gasteiger charge is 2.18. The number of allylic oxidation sites excluding steroid dienone is 5. The maximum atomic E-state index is 5.93. The van der Waals surface area contributed by atoms with Crippen LogP contribution in [0.4, 0.5) is 0 Å². The zero-order valence-electron chi connectivity index (χ0n) is 20.1. The van der Waals surface area contributed by atoms with Crippen LogP contribution in [0.25, 0.3) is 11.3 Å². The van der Waals surface area contributed by atoms with Crippen molar-refractivity contribution in [2.45, 2.75) is 39.3 Å². The molecule has 4 nitrogen and oxygen atoms in total. The number of benzene rings is 1. The lowest BCUT2D eigenvalue weighted by Gasteiger charge is -2.25. The molecule has 0 fully saturated rings. The summed E-state index contributed by atoms with van der Waals surface area (Å²) in [6, 6.07) is 9.24. The van der Waals surface area contributed by atoms with E-state index in [-0.39, 0.29) is 0 Å². The van der Waals surface area contributed by atoms with Gasteiger partial charge < -0.3 is 9.88 Å². The molecule has 2 atom stereocenters. The van der Waals surface area contributed by atoms with E-state index in [1.165, 1.54) is 5.56 Å². The standard InChI is InChI=1S/C28H35ClN4/c1-21(26-13-7-12-25(20-26)14-15-29)19-27(28-30-16-18-32(28)5)31-22(2)9-6-10-23(3)33-17-8-11-24(33)4/h6-13,16,18-20,23-24,31H,1,14-15,17H2,2-5H3/b10-6-,22-9+,27-19+. The fraction of sp³-hybridized carbons (Fsp3) is 0.321. The van der Waals surface area contributed by atoms with Crippen LogP contribution in [0.5, 0.6) is 0 Å². The number of alkyl halides is 1. The number of aromatic nitrogens is 2. The van der Waals surface area contributed by atoms with Crippen molar-refractivity contribution in [3.05, 3.63) is 102 Å². The van der Waals surface area contributed by atoms with Crippen LogP contribution < -0.4 is 5.32 Å². The van der Waals surface area contributed by atoms with Gasteiger partial charge in [0.05, 0.1) is 5.70 Å². The Morgan fingerprint density at radius 2 is 2.21 bits per heavy atom. The largest absolute Gasteiger partial charge is 0.356 e.